The zero-order valence-corrected chi connectivity index (χ0v) is 14.2. The van der Waals surface area contributed by atoms with Crippen molar-refractivity contribution in [3.63, 3.8) is 0 Å². The maximum absolute atomic E-state index is 14.3. The zero-order valence-electron chi connectivity index (χ0n) is 14.2. The predicted molar refractivity (Wildman–Crippen MR) is 93.8 cm³/mol. The largest absolute Gasteiger partial charge is 0.507 e. The number of carbonyl (C=O) groups excluding carboxylic acids is 1. The Morgan fingerprint density at radius 3 is 2.85 bits per heavy atom. The van der Waals surface area contributed by atoms with E-state index in [0.717, 1.165) is 31.6 Å². The number of primary amides is 1. The van der Waals surface area contributed by atoms with E-state index in [4.69, 9.17) is 15.2 Å². The minimum absolute atomic E-state index is 0.0227. The summed E-state index contributed by atoms with van der Waals surface area (Å²) < 4.78 is 25.2. The van der Waals surface area contributed by atoms with Gasteiger partial charge in [-0.2, -0.15) is 0 Å². The maximum Gasteiger partial charge on any atom is 0.252 e. The molecule has 0 aliphatic carbocycles. The summed E-state index contributed by atoms with van der Waals surface area (Å²) in [5.41, 5.74) is 5.89. The first-order chi connectivity index (χ1) is 12.5. The molecule has 1 atom stereocenters. The van der Waals surface area contributed by atoms with E-state index in [1.165, 1.54) is 30.3 Å². The summed E-state index contributed by atoms with van der Waals surface area (Å²) >= 11 is 0. The Labute approximate surface area is 150 Å². The smallest absolute Gasteiger partial charge is 0.252 e. The molecule has 0 spiro atoms. The molecule has 138 valence electrons. The van der Waals surface area contributed by atoms with Crippen LogP contribution in [0.2, 0.25) is 0 Å². The number of carbonyl (C=O) groups is 1. The fraction of sp³-hybridized carbons (Fsp3) is 0.316. The average molecular weight is 360 g/mol. The highest BCUT2D eigenvalue weighted by Gasteiger charge is 2.15. The number of amides is 1. The molecule has 6 nitrogen and oxygen atoms in total. The summed E-state index contributed by atoms with van der Waals surface area (Å²) in [6, 6.07) is 8.67. The molecule has 1 aliphatic heterocycles. The number of halogens is 1. The summed E-state index contributed by atoms with van der Waals surface area (Å²) in [5.74, 6) is -1.35. The summed E-state index contributed by atoms with van der Waals surface area (Å²) in [6.45, 7) is 2.08. The molecule has 26 heavy (non-hydrogen) atoms. The Hall–Kier alpha value is -2.64. The Morgan fingerprint density at radius 1 is 1.35 bits per heavy atom. The first-order valence-electron chi connectivity index (χ1n) is 8.44. The summed E-state index contributed by atoms with van der Waals surface area (Å²) in [4.78, 5) is 11.1. The summed E-state index contributed by atoms with van der Waals surface area (Å²) in [7, 11) is 0. The number of hydrogen-bond acceptors (Lipinski definition) is 5. The molecule has 4 N–H and O–H groups in total. The number of benzene rings is 2. The molecule has 7 heteroatoms. The van der Waals surface area contributed by atoms with Gasteiger partial charge in [-0.1, -0.05) is 6.07 Å². The minimum Gasteiger partial charge on any atom is -0.507 e. The molecule has 1 heterocycles. The van der Waals surface area contributed by atoms with Crippen LogP contribution < -0.4 is 15.8 Å². The second-order valence-electron chi connectivity index (χ2n) is 6.18. The van der Waals surface area contributed by atoms with Gasteiger partial charge in [0.05, 0.1) is 11.7 Å². The molecule has 1 aliphatic rings. The van der Waals surface area contributed by atoms with Crippen LogP contribution >= 0.6 is 0 Å². The molecule has 0 radical (unpaired) electrons. The van der Waals surface area contributed by atoms with Gasteiger partial charge < -0.3 is 25.6 Å². The van der Waals surface area contributed by atoms with E-state index in [2.05, 4.69) is 5.32 Å². The maximum atomic E-state index is 14.3. The molecule has 1 unspecified atom stereocenters. The standard InChI is InChI=1S/C19H21FN2O4/c20-16-8-12(10-22-11-14-2-1-7-25-14)3-6-18(16)26-13-4-5-15(19(21)24)17(23)9-13/h3-6,8-9,14,22-23H,1-2,7,10-11H2,(H2,21,24). The van der Waals surface area contributed by atoms with Crippen molar-refractivity contribution in [3.05, 3.63) is 53.3 Å². The zero-order chi connectivity index (χ0) is 18.5. The SMILES string of the molecule is NC(=O)c1ccc(Oc2ccc(CNCC3CCCO3)cc2F)cc1O. The topological polar surface area (TPSA) is 93.8 Å². The molecule has 2 aromatic rings. The van der Waals surface area contributed by atoms with Gasteiger partial charge in [-0.25, -0.2) is 4.39 Å². The number of ether oxygens (including phenoxy) is 2. The molecule has 0 aromatic heterocycles. The average Bonchev–Trinajstić information content (AvgIpc) is 3.10. The predicted octanol–water partition coefficient (Wildman–Crippen LogP) is 2.69. The van der Waals surface area contributed by atoms with E-state index < -0.39 is 11.7 Å². The highest BCUT2D eigenvalue weighted by molar-refractivity contribution is 5.95. The van der Waals surface area contributed by atoms with Crippen LogP contribution in [0.4, 0.5) is 4.39 Å². The summed E-state index contributed by atoms with van der Waals surface area (Å²) in [5, 5.41) is 13.0. The van der Waals surface area contributed by atoms with Gasteiger partial charge in [-0.3, -0.25) is 4.79 Å². The Bertz CT molecular complexity index is 791. The number of phenols is 1. The number of rotatable bonds is 7. The number of nitrogens with two attached hydrogens (primary N) is 1. The van der Waals surface area contributed by atoms with Gasteiger partial charge in [-0.05, 0) is 42.7 Å². The monoisotopic (exact) mass is 360 g/mol. The van der Waals surface area contributed by atoms with Gasteiger partial charge in [-0.15, -0.1) is 0 Å². The lowest BCUT2D eigenvalue weighted by molar-refractivity contribution is 0.0997. The van der Waals surface area contributed by atoms with E-state index >= 15 is 0 Å². The van der Waals surface area contributed by atoms with Gasteiger partial charge in [0, 0.05) is 25.8 Å². The fourth-order valence-corrected chi connectivity index (χ4v) is 2.83. The van der Waals surface area contributed by atoms with Gasteiger partial charge in [0.1, 0.15) is 11.5 Å². The van der Waals surface area contributed by atoms with Crippen LogP contribution in [0.15, 0.2) is 36.4 Å². The quantitative estimate of drug-likeness (QED) is 0.706. The number of aromatic hydroxyl groups is 1. The fourth-order valence-electron chi connectivity index (χ4n) is 2.83. The highest BCUT2D eigenvalue weighted by Crippen LogP contribution is 2.29. The van der Waals surface area contributed by atoms with E-state index in [9.17, 15) is 14.3 Å². The number of hydrogen-bond donors (Lipinski definition) is 3. The lowest BCUT2D eigenvalue weighted by Gasteiger charge is -2.12. The second-order valence-corrected chi connectivity index (χ2v) is 6.18. The minimum atomic E-state index is -0.750. The molecular formula is C19H21FN2O4. The highest BCUT2D eigenvalue weighted by atomic mass is 19.1. The normalized spacial score (nSPS) is 16.6. The van der Waals surface area contributed by atoms with Crippen molar-refractivity contribution >= 4 is 5.91 Å². The van der Waals surface area contributed by atoms with Crippen molar-refractivity contribution in [1.82, 2.24) is 5.32 Å². The van der Waals surface area contributed by atoms with Crippen molar-refractivity contribution in [1.29, 1.82) is 0 Å². The molecule has 0 bridgehead atoms. The van der Waals surface area contributed by atoms with Crippen LogP contribution in [0.25, 0.3) is 0 Å². The lowest BCUT2D eigenvalue weighted by atomic mass is 10.1. The third-order valence-corrected chi connectivity index (χ3v) is 4.18. The second kappa shape index (κ2) is 8.16. The van der Waals surface area contributed by atoms with Crippen LogP contribution in [0.1, 0.15) is 28.8 Å². The molecule has 2 aromatic carbocycles. The van der Waals surface area contributed by atoms with Crippen LogP contribution in [0, 0.1) is 5.82 Å². The van der Waals surface area contributed by atoms with E-state index in [0.29, 0.717) is 6.54 Å². The van der Waals surface area contributed by atoms with Crippen molar-refractivity contribution in [2.45, 2.75) is 25.5 Å². The van der Waals surface area contributed by atoms with Crippen LogP contribution in [-0.2, 0) is 11.3 Å². The molecule has 1 fully saturated rings. The number of nitrogens with one attached hydrogen (secondary N) is 1. The Kier molecular flexibility index (Phi) is 5.70. The van der Waals surface area contributed by atoms with Gasteiger partial charge >= 0.3 is 0 Å². The van der Waals surface area contributed by atoms with Crippen LogP contribution in [0.5, 0.6) is 17.2 Å². The first-order valence-corrected chi connectivity index (χ1v) is 8.44. The summed E-state index contributed by atoms with van der Waals surface area (Å²) in [6.07, 6.45) is 2.37. The van der Waals surface area contributed by atoms with Crippen molar-refractivity contribution < 1.29 is 23.8 Å². The van der Waals surface area contributed by atoms with E-state index in [1.54, 1.807) is 6.07 Å². The molecule has 1 saturated heterocycles. The van der Waals surface area contributed by atoms with Gasteiger partial charge in [0.2, 0.25) is 0 Å². The third-order valence-electron chi connectivity index (χ3n) is 4.18. The van der Waals surface area contributed by atoms with E-state index in [1.807, 2.05) is 0 Å². The van der Waals surface area contributed by atoms with E-state index in [-0.39, 0.29) is 28.9 Å². The van der Waals surface area contributed by atoms with Crippen LogP contribution in [0.3, 0.4) is 0 Å². The van der Waals surface area contributed by atoms with Gasteiger partial charge in [0.25, 0.3) is 5.91 Å². The van der Waals surface area contributed by atoms with Crippen molar-refractivity contribution in [2.24, 2.45) is 5.73 Å². The Balaban J connectivity index is 1.60. The van der Waals surface area contributed by atoms with Gasteiger partial charge in [0.15, 0.2) is 11.6 Å². The van der Waals surface area contributed by atoms with Crippen LogP contribution in [-0.4, -0.2) is 30.3 Å². The molecule has 1 amide bonds. The molecule has 0 saturated carbocycles. The molecule has 3 rings (SSSR count). The first kappa shape index (κ1) is 18.2. The molecular weight excluding hydrogens is 339 g/mol. The van der Waals surface area contributed by atoms with Crippen molar-refractivity contribution in [2.75, 3.05) is 13.2 Å². The van der Waals surface area contributed by atoms with Crippen molar-refractivity contribution in [3.8, 4) is 17.2 Å². The third kappa shape index (κ3) is 4.50. The lowest BCUT2D eigenvalue weighted by Crippen LogP contribution is -2.25. The Morgan fingerprint density at radius 2 is 2.19 bits per heavy atom.